The summed E-state index contributed by atoms with van der Waals surface area (Å²) in [5.41, 5.74) is 6.64. The van der Waals surface area contributed by atoms with Gasteiger partial charge in [0.1, 0.15) is 11.5 Å². The Hall–Kier alpha value is -2.25. The first-order chi connectivity index (χ1) is 11.9. The Kier molecular flexibility index (Phi) is 4.87. The van der Waals surface area contributed by atoms with Gasteiger partial charge in [-0.15, -0.1) is 0 Å². The lowest BCUT2D eigenvalue weighted by Crippen LogP contribution is -2.17. The summed E-state index contributed by atoms with van der Waals surface area (Å²) in [6.07, 6.45) is 1.52. The molecule has 8 heteroatoms. The Morgan fingerprint density at radius 3 is 2.84 bits per heavy atom. The van der Waals surface area contributed by atoms with Gasteiger partial charge >= 0.3 is 0 Å². The van der Waals surface area contributed by atoms with Crippen LogP contribution in [0.25, 0.3) is 10.9 Å². The van der Waals surface area contributed by atoms with Crippen molar-refractivity contribution in [1.82, 2.24) is 9.97 Å². The molecule has 0 aliphatic rings. The number of fused-ring (bicyclic) bond motifs is 1. The molecule has 0 bridgehead atoms. The number of benzene rings is 1. The molecule has 3 aromatic rings. The van der Waals surface area contributed by atoms with Crippen LogP contribution in [0.5, 0.6) is 0 Å². The van der Waals surface area contributed by atoms with Crippen LogP contribution in [0.2, 0.25) is 5.02 Å². The second-order valence-corrected chi connectivity index (χ2v) is 6.76. The summed E-state index contributed by atoms with van der Waals surface area (Å²) in [4.78, 5) is 19.6. The van der Waals surface area contributed by atoms with E-state index in [1.807, 2.05) is 18.2 Å². The van der Waals surface area contributed by atoms with Crippen LogP contribution in [-0.4, -0.2) is 15.9 Å². The molecule has 0 fully saturated rings. The van der Waals surface area contributed by atoms with Gasteiger partial charge in [0.15, 0.2) is 0 Å². The standard InChI is InChI=1S/C17H13BrClFN4O/c1-8(15-12(20)3-5-14(24-15)17(21)25)23-16-10-6-9(18)2-4-13(10)22-7-11(16)19/h2-8H,1H3,(H2,21,25)(H,22,23). The molecule has 25 heavy (non-hydrogen) atoms. The molecule has 1 atom stereocenters. The molecule has 3 rings (SSSR count). The minimum absolute atomic E-state index is 0.00141. The zero-order chi connectivity index (χ0) is 18.1. The van der Waals surface area contributed by atoms with Crippen molar-refractivity contribution in [3.8, 4) is 0 Å². The molecule has 2 aromatic heterocycles. The van der Waals surface area contributed by atoms with Gasteiger partial charge in [0.05, 0.1) is 28.0 Å². The van der Waals surface area contributed by atoms with Crippen molar-refractivity contribution in [1.29, 1.82) is 0 Å². The SMILES string of the molecule is CC(Nc1c(Cl)cnc2ccc(Br)cc12)c1nc(C(N)=O)ccc1F. The second kappa shape index (κ2) is 6.93. The van der Waals surface area contributed by atoms with E-state index in [-0.39, 0.29) is 11.4 Å². The molecule has 128 valence electrons. The zero-order valence-corrected chi connectivity index (χ0v) is 15.4. The van der Waals surface area contributed by atoms with Crippen molar-refractivity contribution in [2.24, 2.45) is 5.73 Å². The molecule has 3 N–H and O–H groups in total. The highest BCUT2D eigenvalue weighted by Gasteiger charge is 2.18. The fourth-order valence-electron chi connectivity index (χ4n) is 2.47. The summed E-state index contributed by atoms with van der Waals surface area (Å²) in [5.74, 6) is -1.26. The second-order valence-electron chi connectivity index (χ2n) is 5.44. The molecule has 1 unspecified atom stereocenters. The molecule has 0 saturated carbocycles. The van der Waals surface area contributed by atoms with Crippen LogP contribution >= 0.6 is 27.5 Å². The Labute approximate surface area is 156 Å². The summed E-state index contributed by atoms with van der Waals surface area (Å²) >= 11 is 9.70. The fourth-order valence-corrected chi connectivity index (χ4v) is 3.04. The maximum Gasteiger partial charge on any atom is 0.267 e. The molecular formula is C17H13BrClFN4O. The van der Waals surface area contributed by atoms with Crippen molar-refractivity contribution in [2.45, 2.75) is 13.0 Å². The zero-order valence-electron chi connectivity index (χ0n) is 13.1. The molecule has 5 nitrogen and oxygen atoms in total. The first kappa shape index (κ1) is 17.6. The van der Waals surface area contributed by atoms with Crippen LogP contribution in [0.1, 0.15) is 29.1 Å². The van der Waals surface area contributed by atoms with Crippen molar-refractivity contribution >= 4 is 50.0 Å². The van der Waals surface area contributed by atoms with Gasteiger partial charge in [-0.1, -0.05) is 27.5 Å². The van der Waals surface area contributed by atoms with E-state index in [9.17, 15) is 9.18 Å². The number of primary amides is 1. The van der Waals surface area contributed by atoms with E-state index in [0.717, 1.165) is 15.4 Å². The lowest BCUT2D eigenvalue weighted by Gasteiger charge is -2.18. The third-order valence-corrected chi connectivity index (χ3v) is 4.46. The van der Waals surface area contributed by atoms with E-state index in [2.05, 4.69) is 31.2 Å². The minimum Gasteiger partial charge on any atom is -0.375 e. The summed E-state index contributed by atoms with van der Waals surface area (Å²) in [6.45, 7) is 1.72. The number of aromatic nitrogens is 2. The molecule has 0 aliphatic carbocycles. The number of amides is 1. The molecule has 1 aromatic carbocycles. The average Bonchev–Trinajstić information content (AvgIpc) is 2.57. The van der Waals surface area contributed by atoms with Crippen molar-refractivity contribution in [3.05, 3.63) is 63.2 Å². The number of nitrogens with two attached hydrogens (primary N) is 1. The van der Waals surface area contributed by atoms with Gasteiger partial charge in [0, 0.05) is 16.1 Å². The lowest BCUT2D eigenvalue weighted by molar-refractivity contribution is 0.0995. The molecule has 0 saturated heterocycles. The van der Waals surface area contributed by atoms with Crippen LogP contribution in [0.3, 0.4) is 0 Å². The lowest BCUT2D eigenvalue weighted by atomic mass is 10.1. The van der Waals surface area contributed by atoms with Gasteiger partial charge in [-0.05, 0) is 37.3 Å². The first-order valence-corrected chi connectivity index (χ1v) is 8.50. The van der Waals surface area contributed by atoms with E-state index in [4.69, 9.17) is 17.3 Å². The van der Waals surface area contributed by atoms with Crippen LogP contribution in [-0.2, 0) is 0 Å². The highest BCUT2D eigenvalue weighted by molar-refractivity contribution is 9.10. The smallest absolute Gasteiger partial charge is 0.267 e. The van der Waals surface area contributed by atoms with E-state index < -0.39 is 17.8 Å². The van der Waals surface area contributed by atoms with Crippen LogP contribution < -0.4 is 11.1 Å². The number of nitrogens with zero attached hydrogens (tertiary/aromatic N) is 2. The Balaban J connectivity index is 2.04. The van der Waals surface area contributed by atoms with Crippen LogP contribution in [0.15, 0.2) is 41.0 Å². The number of pyridine rings is 2. The average molecular weight is 424 g/mol. The van der Waals surface area contributed by atoms with Crippen molar-refractivity contribution in [3.63, 3.8) is 0 Å². The predicted molar refractivity (Wildman–Crippen MR) is 99.2 cm³/mol. The monoisotopic (exact) mass is 422 g/mol. The van der Waals surface area contributed by atoms with E-state index >= 15 is 0 Å². The Morgan fingerprint density at radius 1 is 1.36 bits per heavy atom. The van der Waals surface area contributed by atoms with Gasteiger partial charge in [-0.25, -0.2) is 9.37 Å². The molecule has 0 aliphatic heterocycles. The van der Waals surface area contributed by atoms with E-state index in [1.165, 1.54) is 18.3 Å². The van der Waals surface area contributed by atoms with Crippen LogP contribution in [0, 0.1) is 5.82 Å². The number of halogens is 3. The van der Waals surface area contributed by atoms with Crippen LogP contribution in [0.4, 0.5) is 10.1 Å². The number of carbonyl (C=O) groups is 1. The third kappa shape index (κ3) is 3.57. The first-order valence-electron chi connectivity index (χ1n) is 7.33. The number of hydrogen-bond donors (Lipinski definition) is 2. The highest BCUT2D eigenvalue weighted by atomic mass is 79.9. The number of rotatable bonds is 4. The number of nitrogens with one attached hydrogen (secondary N) is 1. The summed E-state index contributed by atoms with van der Waals surface area (Å²) < 4.78 is 15.0. The predicted octanol–water partition coefficient (Wildman–Crippen LogP) is 4.46. The quantitative estimate of drug-likeness (QED) is 0.649. The summed E-state index contributed by atoms with van der Waals surface area (Å²) in [7, 11) is 0. The van der Waals surface area contributed by atoms with Crippen molar-refractivity contribution < 1.29 is 9.18 Å². The van der Waals surface area contributed by atoms with Gasteiger partial charge < -0.3 is 11.1 Å². The topological polar surface area (TPSA) is 80.9 Å². The summed E-state index contributed by atoms with van der Waals surface area (Å²) in [6, 6.07) is 7.45. The maximum absolute atomic E-state index is 14.2. The molecular weight excluding hydrogens is 411 g/mol. The number of carbonyl (C=O) groups excluding carboxylic acids is 1. The largest absolute Gasteiger partial charge is 0.375 e. The number of anilines is 1. The van der Waals surface area contributed by atoms with Gasteiger partial charge in [-0.2, -0.15) is 0 Å². The maximum atomic E-state index is 14.2. The Bertz CT molecular complexity index is 977. The molecule has 0 radical (unpaired) electrons. The molecule has 1 amide bonds. The normalized spacial score (nSPS) is 12.2. The highest BCUT2D eigenvalue weighted by Crippen LogP contribution is 2.34. The van der Waals surface area contributed by atoms with E-state index in [0.29, 0.717) is 10.7 Å². The minimum atomic E-state index is -0.718. The molecule has 0 spiro atoms. The van der Waals surface area contributed by atoms with Gasteiger partial charge in [0.2, 0.25) is 0 Å². The summed E-state index contributed by atoms with van der Waals surface area (Å²) in [5, 5.41) is 4.33. The van der Waals surface area contributed by atoms with Gasteiger partial charge in [0.25, 0.3) is 5.91 Å². The number of hydrogen-bond acceptors (Lipinski definition) is 4. The van der Waals surface area contributed by atoms with Crippen molar-refractivity contribution in [2.75, 3.05) is 5.32 Å². The fraction of sp³-hybridized carbons (Fsp3) is 0.118. The Morgan fingerprint density at radius 2 is 2.12 bits per heavy atom. The third-order valence-electron chi connectivity index (χ3n) is 3.68. The van der Waals surface area contributed by atoms with Gasteiger partial charge in [-0.3, -0.25) is 9.78 Å². The molecule has 2 heterocycles. The van der Waals surface area contributed by atoms with E-state index in [1.54, 1.807) is 6.92 Å².